The molecule has 116 valence electrons. The average molecular weight is 307 g/mol. The summed E-state index contributed by atoms with van der Waals surface area (Å²) in [5.41, 5.74) is 0.715. The molecule has 0 aromatic carbocycles. The number of halogens is 1. The van der Waals surface area contributed by atoms with Crippen LogP contribution >= 0.6 is 11.6 Å². The molecule has 3 heteroatoms. The molecule has 0 spiro atoms. The minimum Gasteiger partial charge on any atom is -0.413 e. The van der Waals surface area contributed by atoms with Crippen LogP contribution in [0.4, 0.5) is 0 Å². The summed E-state index contributed by atoms with van der Waals surface area (Å²) in [6.45, 7) is 9.01. The standard InChI is InChI=1S/C16H35ClOSi/c1-5-7-9-10-12-14-16(13-11-8-6-2)18-19(3,4)15-17/h16H,5-15H2,1-4H3. The van der Waals surface area contributed by atoms with Gasteiger partial charge in [0.25, 0.3) is 0 Å². The van der Waals surface area contributed by atoms with E-state index in [1.807, 2.05) is 0 Å². The Kier molecular flexibility index (Phi) is 12.5. The van der Waals surface area contributed by atoms with Crippen LogP contribution in [0.5, 0.6) is 0 Å². The van der Waals surface area contributed by atoms with E-state index >= 15 is 0 Å². The number of hydrogen-bond donors (Lipinski definition) is 0. The molecule has 0 N–H and O–H groups in total. The van der Waals surface area contributed by atoms with Crippen LogP contribution in [-0.4, -0.2) is 19.9 Å². The van der Waals surface area contributed by atoms with Crippen molar-refractivity contribution in [3.8, 4) is 0 Å². The highest BCUT2D eigenvalue weighted by Crippen LogP contribution is 2.20. The summed E-state index contributed by atoms with van der Waals surface area (Å²) in [4.78, 5) is 0. The quantitative estimate of drug-likeness (QED) is 0.220. The summed E-state index contributed by atoms with van der Waals surface area (Å²) in [7, 11) is -1.61. The summed E-state index contributed by atoms with van der Waals surface area (Å²) < 4.78 is 6.35. The Balaban J connectivity index is 3.96. The second-order valence-electron chi connectivity index (χ2n) is 6.33. The molecule has 0 fully saturated rings. The van der Waals surface area contributed by atoms with Gasteiger partial charge < -0.3 is 4.43 Å². The van der Waals surface area contributed by atoms with Crippen LogP contribution in [0.2, 0.25) is 13.1 Å². The highest BCUT2D eigenvalue weighted by Gasteiger charge is 2.25. The number of unbranched alkanes of at least 4 members (excludes halogenated alkanes) is 6. The fraction of sp³-hybridized carbons (Fsp3) is 1.00. The average Bonchev–Trinajstić information content (AvgIpc) is 2.38. The number of alkyl halides is 1. The highest BCUT2D eigenvalue weighted by atomic mass is 35.5. The molecule has 0 bridgehead atoms. The van der Waals surface area contributed by atoms with Crippen LogP contribution in [0.25, 0.3) is 0 Å². The molecular formula is C16H35ClOSi. The van der Waals surface area contributed by atoms with Crippen molar-refractivity contribution in [2.24, 2.45) is 0 Å². The minimum atomic E-state index is -1.61. The first kappa shape index (κ1) is 19.5. The molecule has 0 heterocycles. The van der Waals surface area contributed by atoms with E-state index in [4.69, 9.17) is 16.0 Å². The van der Waals surface area contributed by atoms with E-state index in [2.05, 4.69) is 26.9 Å². The molecule has 0 radical (unpaired) electrons. The van der Waals surface area contributed by atoms with Crippen molar-refractivity contribution >= 4 is 19.9 Å². The summed E-state index contributed by atoms with van der Waals surface area (Å²) in [5.74, 6) is 0. The van der Waals surface area contributed by atoms with E-state index in [0.29, 0.717) is 11.6 Å². The predicted octanol–water partition coefficient (Wildman–Crippen LogP) is 6.30. The van der Waals surface area contributed by atoms with Crippen LogP contribution in [0.1, 0.15) is 78.1 Å². The molecule has 19 heavy (non-hydrogen) atoms. The van der Waals surface area contributed by atoms with E-state index in [1.165, 1.54) is 64.2 Å². The second-order valence-corrected chi connectivity index (χ2v) is 11.2. The Morgan fingerprint density at radius 1 is 0.842 bits per heavy atom. The van der Waals surface area contributed by atoms with Crippen LogP contribution in [0, 0.1) is 0 Å². The Morgan fingerprint density at radius 3 is 1.84 bits per heavy atom. The lowest BCUT2D eigenvalue weighted by molar-refractivity contribution is 0.165. The maximum absolute atomic E-state index is 6.35. The summed E-state index contributed by atoms with van der Waals surface area (Å²) in [6, 6.07) is 0. The van der Waals surface area contributed by atoms with E-state index in [-0.39, 0.29) is 0 Å². The zero-order chi connectivity index (χ0) is 14.6. The Morgan fingerprint density at radius 2 is 1.32 bits per heavy atom. The first-order valence-corrected chi connectivity index (χ1v) is 11.9. The lowest BCUT2D eigenvalue weighted by Gasteiger charge is -2.28. The van der Waals surface area contributed by atoms with Crippen LogP contribution in [-0.2, 0) is 4.43 Å². The molecule has 0 aliphatic rings. The third-order valence-corrected chi connectivity index (χ3v) is 7.11. The summed E-state index contributed by atoms with van der Waals surface area (Å²) in [5, 5.41) is 0. The van der Waals surface area contributed by atoms with Gasteiger partial charge in [-0.15, -0.1) is 11.6 Å². The van der Waals surface area contributed by atoms with Crippen molar-refractivity contribution in [3.05, 3.63) is 0 Å². The van der Waals surface area contributed by atoms with Gasteiger partial charge in [0.15, 0.2) is 0 Å². The van der Waals surface area contributed by atoms with Crippen molar-refractivity contribution in [3.63, 3.8) is 0 Å². The zero-order valence-electron chi connectivity index (χ0n) is 13.6. The first-order chi connectivity index (χ1) is 9.05. The van der Waals surface area contributed by atoms with Gasteiger partial charge in [0.05, 0.1) is 0 Å². The molecule has 0 aliphatic heterocycles. The normalized spacial score (nSPS) is 13.7. The van der Waals surface area contributed by atoms with Gasteiger partial charge >= 0.3 is 0 Å². The molecule has 1 unspecified atom stereocenters. The number of hydrogen-bond acceptors (Lipinski definition) is 1. The summed E-state index contributed by atoms with van der Waals surface area (Å²) >= 11 is 6.04. The fourth-order valence-corrected chi connectivity index (χ4v) is 3.73. The van der Waals surface area contributed by atoms with E-state index in [0.717, 1.165) is 0 Å². The largest absolute Gasteiger partial charge is 0.413 e. The molecule has 0 amide bonds. The third kappa shape index (κ3) is 12.0. The topological polar surface area (TPSA) is 9.23 Å². The Bertz CT molecular complexity index is 197. The zero-order valence-corrected chi connectivity index (χ0v) is 15.4. The van der Waals surface area contributed by atoms with Crippen molar-refractivity contribution < 1.29 is 4.43 Å². The van der Waals surface area contributed by atoms with Crippen molar-refractivity contribution in [2.75, 3.05) is 5.50 Å². The lowest BCUT2D eigenvalue weighted by atomic mass is 10.0. The number of rotatable bonds is 13. The monoisotopic (exact) mass is 306 g/mol. The maximum Gasteiger partial charge on any atom is 0.201 e. The van der Waals surface area contributed by atoms with Gasteiger partial charge in [0.1, 0.15) is 0 Å². The van der Waals surface area contributed by atoms with Crippen molar-refractivity contribution in [1.29, 1.82) is 0 Å². The smallest absolute Gasteiger partial charge is 0.201 e. The van der Waals surface area contributed by atoms with Gasteiger partial charge in [-0.2, -0.15) is 0 Å². The fourth-order valence-electron chi connectivity index (χ4n) is 2.34. The van der Waals surface area contributed by atoms with Crippen LogP contribution in [0.3, 0.4) is 0 Å². The van der Waals surface area contributed by atoms with E-state index < -0.39 is 8.32 Å². The van der Waals surface area contributed by atoms with E-state index in [1.54, 1.807) is 0 Å². The molecule has 0 saturated carbocycles. The van der Waals surface area contributed by atoms with Gasteiger partial charge in [-0.1, -0.05) is 65.2 Å². The predicted molar refractivity (Wildman–Crippen MR) is 90.6 cm³/mol. The SMILES string of the molecule is CCCCCCCC(CCCCC)O[Si](C)(C)CCl. The van der Waals surface area contributed by atoms with Gasteiger partial charge in [-0.05, 0) is 25.9 Å². The first-order valence-electron chi connectivity index (χ1n) is 8.29. The summed E-state index contributed by atoms with van der Waals surface area (Å²) in [6.07, 6.45) is 13.6. The highest BCUT2D eigenvalue weighted by molar-refractivity contribution is 6.77. The maximum atomic E-state index is 6.35. The molecule has 0 aliphatic carbocycles. The second kappa shape index (κ2) is 12.2. The van der Waals surface area contributed by atoms with Crippen LogP contribution in [0.15, 0.2) is 0 Å². The molecule has 1 nitrogen and oxygen atoms in total. The molecule has 0 aromatic heterocycles. The van der Waals surface area contributed by atoms with Crippen LogP contribution < -0.4 is 0 Å². The van der Waals surface area contributed by atoms with Gasteiger partial charge in [-0.3, -0.25) is 0 Å². The Labute approximate surface area is 127 Å². The molecule has 0 aromatic rings. The lowest BCUT2D eigenvalue weighted by Crippen LogP contribution is -2.38. The van der Waals surface area contributed by atoms with Gasteiger partial charge in [0, 0.05) is 11.6 Å². The molecule has 0 saturated heterocycles. The van der Waals surface area contributed by atoms with Crippen molar-refractivity contribution in [1.82, 2.24) is 0 Å². The Hall–Kier alpha value is 0.467. The van der Waals surface area contributed by atoms with Crippen molar-refractivity contribution in [2.45, 2.75) is 97.3 Å². The van der Waals surface area contributed by atoms with Gasteiger partial charge in [-0.25, -0.2) is 0 Å². The van der Waals surface area contributed by atoms with Gasteiger partial charge in [0.2, 0.25) is 8.32 Å². The molecule has 0 rings (SSSR count). The minimum absolute atomic E-state index is 0.466. The molecular weight excluding hydrogens is 272 g/mol. The third-order valence-electron chi connectivity index (χ3n) is 3.57. The van der Waals surface area contributed by atoms with E-state index in [9.17, 15) is 0 Å². The molecule has 1 atom stereocenters.